The Labute approximate surface area is 186 Å². The topological polar surface area (TPSA) is 62.8 Å². The standard InChI is InChI=1S/C24H27N3O3S/c1-29-22-9-5-8-20(23(22)30-2)26-24(28)25-14-21(19-11-13-31-16-19)27-12-10-17-6-3-4-7-18(17)15-27/h3-9,11,13,16,21H,10,12,14-15H2,1-2H3,(H2,25,26,28)/t21-/m0/s1. The van der Waals surface area contributed by atoms with E-state index in [1.165, 1.54) is 16.7 Å². The maximum atomic E-state index is 12.7. The molecule has 31 heavy (non-hydrogen) atoms. The summed E-state index contributed by atoms with van der Waals surface area (Å²) in [7, 11) is 3.13. The van der Waals surface area contributed by atoms with Gasteiger partial charge in [0, 0.05) is 19.6 Å². The molecule has 1 aliphatic heterocycles. The van der Waals surface area contributed by atoms with Gasteiger partial charge in [-0.1, -0.05) is 30.3 Å². The van der Waals surface area contributed by atoms with E-state index in [0.717, 1.165) is 19.5 Å². The van der Waals surface area contributed by atoms with Gasteiger partial charge in [-0.15, -0.1) is 0 Å². The average Bonchev–Trinajstić information content (AvgIpc) is 3.33. The molecule has 0 radical (unpaired) electrons. The summed E-state index contributed by atoms with van der Waals surface area (Å²) in [4.78, 5) is 15.1. The first-order valence-electron chi connectivity index (χ1n) is 10.3. The summed E-state index contributed by atoms with van der Waals surface area (Å²) in [6, 6.07) is 16.0. The summed E-state index contributed by atoms with van der Waals surface area (Å²) < 4.78 is 10.7. The largest absolute Gasteiger partial charge is 0.493 e. The van der Waals surface area contributed by atoms with Gasteiger partial charge >= 0.3 is 6.03 Å². The molecule has 0 spiro atoms. The predicted molar refractivity (Wildman–Crippen MR) is 124 cm³/mol. The Morgan fingerprint density at radius 1 is 1.10 bits per heavy atom. The van der Waals surface area contributed by atoms with Crippen molar-refractivity contribution >= 4 is 23.1 Å². The van der Waals surface area contributed by atoms with Gasteiger partial charge in [0.1, 0.15) is 0 Å². The van der Waals surface area contributed by atoms with Crippen LogP contribution in [-0.4, -0.2) is 38.2 Å². The molecule has 2 heterocycles. The van der Waals surface area contributed by atoms with Gasteiger partial charge in [0.25, 0.3) is 0 Å². The monoisotopic (exact) mass is 437 g/mol. The van der Waals surface area contributed by atoms with Crippen LogP contribution in [0.2, 0.25) is 0 Å². The van der Waals surface area contributed by atoms with E-state index in [1.807, 2.05) is 6.07 Å². The number of anilines is 1. The Bertz CT molecular complexity index is 1020. The smallest absolute Gasteiger partial charge is 0.319 e. The molecule has 6 nitrogen and oxygen atoms in total. The predicted octanol–water partition coefficient (Wildman–Crippen LogP) is 4.69. The minimum absolute atomic E-state index is 0.109. The van der Waals surface area contributed by atoms with Crippen molar-refractivity contribution in [3.05, 3.63) is 76.0 Å². The highest BCUT2D eigenvalue weighted by molar-refractivity contribution is 7.08. The molecule has 0 aliphatic carbocycles. The van der Waals surface area contributed by atoms with Gasteiger partial charge in [0.15, 0.2) is 11.5 Å². The van der Waals surface area contributed by atoms with E-state index < -0.39 is 0 Å². The fourth-order valence-corrected chi connectivity index (χ4v) is 4.75. The summed E-state index contributed by atoms with van der Waals surface area (Å²) in [5, 5.41) is 10.2. The Morgan fingerprint density at radius 2 is 1.94 bits per heavy atom. The number of methoxy groups -OCH3 is 2. The Balaban J connectivity index is 1.45. The van der Waals surface area contributed by atoms with Crippen LogP contribution in [0.15, 0.2) is 59.3 Å². The van der Waals surface area contributed by atoms with E-state index in [0.29, 0.717) is 23.7 Å². The molecule has 1 aromatic heterocycles. The average molecular weight is 438 g/mol. The zero-order valence-corrected chi connectivity index (χ0v) is 18.6. The Kier molecular flexibility index (Phi) is 6.74. The van der Waals surface area contributed by atoms with Crippen molar-refractivity contribution in [1.82, 2.24) is 10.2 Å². The van der Waals surface area contributed by atoms with Crippen molar-refractivity contribution in [1.29, 1.82) is 0 Å². The molecule has 4 rings (SSSR count). The van der Waals surface area contributed by atoms with Crippen LogP contribution in [0.5, 0.6) is 11.5 Å². The van der Waals surface area contributed by atoms with E-state index in [4.69, 9.17) is 9.47 Å². The second kappa shape index (κ2) is 9.85. The van der Waals surface area contributed by atoms with Gasteiger partial charge in [-0.2, -0.15) is 11.3 Å². The number of urea groups is 1. The van der Waals surface area contributed by atoms with Crippen molar-refractivity contribution in [2.24, 2.45) is 0 Å². The fraction of sp³-hybridized carbons (Fsp3) is 0.292. The molecule has 1 atom stereocenters. The van der Waals surface area contributed by atoms with Crippen LogP contribution in [0, 0.1) is 0 Å². The van der Waals surface area contributed by atoms with Crippen LogP contribution in [0.3, 0.4) is 0 Å². The van der Waals surface area contributed by atoms with Gasteiger partial charge in [-0.05, 0) is 52.1 Å². The van der Waals surface area contributed by atoms with Crippen LogP contribution in [0.25, 0.3) is 0 Å². The molecule has 2 aromatic carbocycles. The molecular formula is C24H27N3O3S. The molecule has 0 unspecified atom stereocenters. The third-order valence-corrected chi connectivity index (χ3v) is 6.34. The number of rotatable bonds is 7. The molecule has 2 amide bonds. The number of ether oxygens (including phenoxy) is 2. The van der Waals surface area contributed by atoms with E-state index >= 15 is 0 Å². The van der Waals surface area contributed by atoms with Crippen LogP contribution in [-0.2, 0) is 13.0 Å². The molecular weight excluding hydrogens is 410 g/mol. The number of para-hydroxylation sites is 1. The van der Waals surface area contributed by atoms with Crippen LogP contribution in [0.1, 0.15) is 22.7 Å². The number of nitrogens with zero attached hydrogens (tertiary/aromatic N) is 1. The normalized spacial score (nSPS) is 14.4. The third kappa shape index (κ3) is 4.84. The van der Waals surface area contributed by atoms with Crippen molar-refractivity contribution < 1.29 is 14.3 Å². The zero-order valence-electron chi connectivity index (χ0n) is 17.8. The first-order chi connectivity index (χ1) is 15.2. The van der Waals surface area contributed by atoms with Gasteiger partial charge < -0.3 is 20.1 Å². The SMILES string of the molecule is COc1cccc(NC(=O)NC[C@@H](c2ccsc2)N2CCc3ccccc3C2)c1OC. The molecule has 0 saturated heterocycles. The minimum atomic E-state index is -0.274. The number of carbonyl (C=O) groups is 1. The van der Waals surface area contributed by atoms with Crippen LogP contribution < -0.4 is 20.1 Å². The van der Waals surface area contributed by atoms with E-state index in [2.05, 4.69) is 56.6 Å². The molecule has 2 N–H and O–H groups in total. The van der Waals surface area contributed by atoms with Crippen LogP contribution in [0.4, 0.5) is 10.5 Å². The van der Waals surface area contributed by atoms with Crippen molar-refractivity contribution in [3.63, 3.8) is 0 Å². The van der Waals surface area contributed by atoms with Crippen LogP contribution >= 0.6 is 11.3 Å². The molecule has 0 saturated carbocycles. The lowest BCUT2D eigenvalue weighted by atomic mass is 9.97. The zero-order chi connectivity index (χ0) is 21.6. The van der Waals surface area contributed by atoms with Crippen molar-refractivity contribution in [2.45, 2.75) is 19.0 Å². The van der Waals surface area contributed by atoms with E-state index in [-0.39, 0.29) is 12.1 Å². The minimum Gasteiger partial charge on any atom is -0.493 e. The molecule has 1 aliphatic rings. The van der Waals surface area contributed by atoms with E-state index in [1.54, 1.807) is 37.7 Å². The van der Waals surface area contributed by atoms with Gasteiger partial charge in [0.05, 0.1) is 25.9 Å². The van der Waals surface area contributed by atoms with E-state index in [9.17, 15) is 4.79 Å². The third-order valence-electron chi connectivity index (χ3n) is 5.64. The molecule has 3 aromatic rings. The first-order valence-corrected chi connectivity index (χ1v) is 11.2. The number of thiophene rings is 1. The first kappa shape index (κ1) is 21.2. The Hall–Kier alpha value is -3.03. The number of carbonyl (C=O) groups excluding carboxylic acids is 1. The summed E-state index contributed by atoms with van der Waals surface area (Å²) in [5.41, 5.74) is 4.57. The van der Waals surface area contributed by atoms with Crippen molar-refractivity contribution in [3.8, 4) is 11.5 Å². The number of fused-ring (bicyclic) bond motifs is 1. The Morgan fingerprint density at radius 3 is 2.68 bits per heavy atom. The summed E-state index contributed by atoms with van der Waals surface area (Å²) >= 11 is 1.68. The number of amides is 2. The lowest BCUT2D eigenvalue weighted by molar-refractivity contribution is 0.176. The summed E-state index contributed by atoms with van der Waals surface area (Å²) in [6.07, 6.45) is 1.02. The number of nitrogens with one attached hydrogen (secondary N) is 2. The van der Waals surface area contributed by atoms with Gasteiger partial charge in [-0.3, -0.25) is 4.90 Å². The highest BCUT2D eigenvalue weighted by atomic mass is 32.1. The second-order valence-corrected chi connectivity index (χ2v) is 8.22. The molecule has 0 bridgehead atoms. The maximum absolute atomic E-state index is 12.7. The molecule has 0 fully saturated rings. The number of benzene rings is 2. The van der Waals surface area contributed by atoms with Gasteiger partial charge in [0.2, 0.25) is 0 Å². The lowest BCUT2D eigenvalue weighted by Gasteiger charge is -2.35. The quantitative estimate of drug-likeness (QED) is 0.563. The highest BCUT2D eigenvalue weighted by Crippen LogP contribution is 2.34. The lowest BCUT2D eigenvalue weighted by Crippen LogP contribution is -2.41. The second-order valence-electron chi connectivity index (χ2n) is 7.44. The number of hydrogen-bond acceptors (Lipinski definition) is 5. The molecule has 7 heteroatoms. The maximum Gasteiger partial charge on any atom is 0.319 e. The number of hydrogen-bond donors (Lipinski definition) is 2. The summed E-state index contributed by atoms with van der Waals surface area (Å²) in [5.74, 6) is 1.07. The van der Waals surface area contributed by atoms with Crippen molar-refractivity contribution in [2.75, 3.05) is 32.6 Å². The highest BCUT2D eigenvalue weighted by Gasteiger charge is 2.25. The fourth-order valence-electron chi connectivity index (χ4n) is 4.05. The summed E-state index contributed by atoms with van der Waals surface area (Å²) in [6.45, 7) is 2.35. The molecule has 162 valence electrons. The van der Waals surface area contributed by atoms with Gasteiger partial charge in [-0.25, -0.2) is 4.79 Å².